The Morgan fingerprint density at radius 3 is 2.65 bits per heavy atom. The summed E-state index contributed by atoms with van der Waals surface area (Å²) in [4.78, 5) is 0. The molecule has 1 aromatic rings. The highest BCUT2D eigenvalue weighted by molar-refractivity contribution is 9.10. The van der Waals surface area contributed by atoms with Gasteiger partial charge in [-0.2, -0.15) is 0 Å². The fourth-order valence-electron chi connectivity index (χ4n) is 3.30. The Morgan fingerprint density at radius 1 is 1.35 bits per heavy atom. The highest BCUT2D eigenvalue weighted by atomic mass is 79.9. The fraction of sp³-hybridized carbons (Fsp3) is 0.625. The third kappa shape index (κ3) is 4.03. The van der Waals surface area contributed by atoms with Crippen LogP contribution < -0.4 is 11.3 Å². The molecule has 1 aliphatic rings. The van der Waals surface area contributed by atoms with E-state index >= 15 is 0 Å². The second-order valence-corrected chi connectivity index (χ2v) is 6.82. The van der Waals surface area contributed by atoms with Gasteiger partial charge in [-0.15, -0.1) is 0 Å². The first-order valence-corrected chi connectivity index (χ1v) is 8.33. The molecule has 0 spiro atoms. The summed E-state index contributed by atoms with van der Waals surface area (Å²) < 4.78 is 14.8. The topological polar surface area (TPSA) is 38.0 Å². The molecule has 1 saturated carbocycles. The zero-order valence-electron chi connectivity index (χ0n) is 12.0. The molecule has 2 rings (SSSR count). The summed E-state index contributed by atoms with van der Waals surface area (Å²) in [7, 11) is 0. The van der Waals surface area contributed by atoms with Crippen LogP contribution >= 0.6 is 15.9 Å². The van der Waals surface area contributed by atoms with E-state index in [-0.39, 0.29) is 11.9 Å². The lowest BCUT2D eigenvalue weighted by atomic mass is 9.76. The van der Waals surface area contributed by atoms with E-state index in [1.54, 1.807) is 6.07 Å². The summed E-state index contributed by atoms with van der Waals surface area (Å²) in [6.07, 6.45) is 6.88. The molecule has 1 aliphatic carbocycles. The molecule has 1 aromatic carbocycles. The molecular formula is C16H24BrFN2. The van der Waals surface area contributed by atoms with Gasteiger partial charge in [0, 0.05) is 10.5 Å². The number of hydrogen-bond acceptors (Lipinski definition) is 2. The summed E-state index contributed by atoms with van der Waals surface area (Å²) in [6.45, 7) is 2.26. The average molecular weight is 343 g/mol. The van der Waals surface area contributed by atoms with E-state index in [0.29, 0.717) is 12.3 Å². The number of hydrogen-bond donors (Lipinski definition) is 2. The van der Waals surface area contributed by atoms with Gasteiger partial charge in [0.25, 0.3) is 0 Å². The molecule has 0 aliphatic heterocycles. The van der Waals surface area contributed by atoms with Gasteiger partial charge in [-0.25, -0.2) is 4.39 Å². The quantitative estimate of drug-likeness (QED) is 0.622. The second kappa shape index (κ2) is 7.53. The molecule has 1 atom stereocenters. The van der Waals surface area contributed by atoms with E-state index in [1.807, 2.05) is 6.07 Å². The Balaban J connectivity index is 2.00. The van der Waals surface area contributed by atoms with Gasteiger partial charge in [0.2, 0.25) is 0 Å². The molecule has 0 bridgehead atoms. The van der Waals surface area contributed by atoms with Crippen molar-refractivity contribution in [2.24, 2.45) is 17.7 Å². The summed E-state index contributed by atoms with van der Waals surface area (Å²) in [5.41, 5.74) is 3.65. The summed E-state index contributed by atoms with van der Waals surface area (Å²) in [5, 5.41) is 0. The molecule has 4 heteroatoms. The van der Waals surface area contributed by atoms with E-state index in [1.165, 1.54) is 38.2 Å². The Labute approximate surface area is 129 Å². The van der Waals surface area contributed by atoms with Crippen molar-refractivity contribution in [3.05, 3.63) is 34.1 Å². The van der Waals surface area contributed by atoms with Crippen molar-refractivity contribution in [3.8, 4) is 0 Å². The zero-order valence-corrected chi connectivity index (χ0v) is 13.6. The predicted molar refractivity (Wildman–Crippen MR) is 84.7 cm³/mol. The summed E-state index contributed by atoms with van der Waals surface area (Å²) in [6, 6.07) is 5.27. The van der Waals surface area contributed by atoms with Gasteiger partial charge >= 0.3 is 0 Å². The molecule has 1 fully saturated rings. The highest BCUT2D eigenvalue weighted by Crippen LogP contribution is 2.33. The maximum absolute atomic E-state index is 13.9. The number of nitrogens with one attached hydrogen (secondary N) is 1. The molecule has 20 heavy (non-hydrogen) atoms. The average Bonchev–Trinajstić information content (AvgIpc) is 2.48. The minimum atomic E-state index is -0.143. The van der Waals surface area contributed by atoms with Gasteiger partial charge < -0.3 is 0 Å². The van der Waals surface area contributed by atoms with Crippen molar-refractivity contribution in [1.82, 2.24) is 5.43 Å². The lowest BCUT2D eigenvalue weighted by Crippen LogP contribution is -2.43. The van der Waals surface area contributed by atoms with Crippen molar-refractivity contribution in [3.63, 3.8) is 0 Å². The number of hydrazine groups is 1. The predicted octanol–water partition coefficient (Wildman–Crippen LogP) is 4.18. The molecule has 2 nitrogen and oxygen atoms in total. The summed E-state index contributed by atoms with van der Waals surface area (Å²) >= 11 is 3.40. The van der Waals surface area contributed by atoms with Gasteiger partial charge in [-0.3, -0.25) is 11.3 Å². The van der Waals surface area contributed by atoms with Crippen LogP contribution in [0, 0.1) is 17.7 Å². The van der Waals surface area contributed by atoms with Crippen molar-refractivity contribution in [1.29, 1.82) is 0 Å². The summed E-state index contributed by atoms with van der Waals surface area (Å²) in [5.74, 6) is 7.00. The molecule has 0 saturated heterocycles. The number of halogens is 2. The standard InChI is InChI=1S/C16H24BrFN2/c1-2-11-3-5-12(6-4-11)16(20-19)10-13-9-14(17)7-8-15(13)18/h7-9,11-12,16,20H,2-6,10,19H2,1H3. The molecule has 0 heterocycles. The van der Waals surface area contributed by atoms with Crippen molar-refractivity contribution < 1.29 is 4.39 Å². The van der Waals surface area contributed by atoms with E-state index in [2.05, 4.69) is 28.3 Å². The maximum Gasteiger partial charge on any atom is 0.126 e. The molecule has 0 amide bonds. The van der Waals surface area contributed by atoms with Crippen LogP contribution in [0.25, 0.3) is 0 Å². The molecule has 3 N–H and O–H groups in total. The zero-order chi connectivity index (χ0) is 14.5. The Hall–Kier alpha value is -0.450. The van der Waals surface area contributed by atoms with E-state index in [9.17, 15) is 4.39 Å². The van der Waals surface area contributed by atoms with Crippen LogP contribution in [0.1, 0.15) is 44.6 Å². The first-order valence-electron chi connectivity index (χ1n) is 7.54. The van der Waals surface area contributed by atoms with Crippen LogP contribution in [0.4, 0.5) is 4.39 Å². The largest absolute Gasteiger partial charge is 0.271 e. The third-order valence-corrected chi connectivity index (χ3v) is 5.19. The van der Waals surface area contributed by atoms with Crippen LogP contribution in [0.3, 0.4) is 0 Å². The lowest BCUT2D eigenvalue weighted by Gasteiger charge is -2.33. The Kier molecular flexibility index (Phi) is 6.00. The smallest absolute Gasteiger partial charge is 0.126 e. The van der Waals surface area contributed by atoms with Gasteiger partial charge in [0.15, 0.2) is 0 Å². The third-order valence-electron chi connectivity index (χ3n) is 4.70. The highest BCUT2D eigenvalue weighted by Gasteiger charge is 2.27. The maximum atomic E-state index is 13.9. The number of rotatable bonds is 5. The van der Waals surface area contributed by atoms with Crippen LogP contribution in [-0.4, -0.2) is 6.04 Å². The Morgan fingerprint density at radius 2 is 2.05 bits per heavy atom. The SMILES string of the molecule is CCC1CCC(C(Cc2cc(Br)ccc2F)NN)CC1. The van der Waals surface area contributed by atoms with E-state index in [0.717, 1.165) is 16.0 Å². The van der Waals surface area contributed by atoms with Gasteiger partial charge in [0.05, 0.1) is 0 Å². The van der Waals surface area contributed by atoms with E-state index < -0.39 is 0 Å². The lowest BCUT2D eigenvalue weighted by molar-refractivity contribution is 0.216. The second-order valence-electron chi connectivity index (χ2n) is 5.90. The minimum absolute atomic E-state index is 0.143. The van der Waals surface area contributed by atoms with Crippen molar-refractivity contribution in [2.75, 3.05) is 0 Å². The molecule has 0 radical (unpaired) electrons. The van der Waals surface area contributed by atoms with Gasteiger partial charge in [-0.05, 0) is 54.9 Å². The van der Waals surface area contributed by atoms with E-state index in [4.69, 9.17) is 5.84 Å². The van der Waals surface area contributed by atoms with Crippen LogP contribution in [0.5, 0.6) is 0 Å². The monoisotopic (exact) mass is 342 g/mol. The normalized spacial score (nSPS) is 24.6. The minimum Gasteiger partial charge on any atom is -0.271 e. The van der Waals surface area contributed by atoms with Gasteiger partial charge in [-0.1, -0.05) is 42.1 Å². The Bertz CT molecular complexity index is 430. The fourth-order valence-corrected chi connectivity index (χ4v) is 3.71. The van der Waals surface area contributed by atoms with Crippen LogP contribution in [-0.2, 0) is 6.42 Å². The van der Waals surface area contributed by atoms with Crippen molar-refractivity contribution in [2.45, 2.75) is 51.5 Å². The van der Waals surface area contributed by atoms with Gasteiger partial charge in [0.1, 0.15) is 5.82 Å². The number of nitrogens with two attached hydrogens (primary N) is 1. The molecule has 0 aromatic heterocycles. The van der Waals surface area contributed by atoms with Crippen LogP contribution in [0.15, 0.2) is 22.7 Å². The molecular weight excluding hydrogens is 319 g/mol. The molecule has 1 unspecified atom stereocenters. The molecule has 112 valence electrons. The first-order chi connectivity index (χ1) is 9.63. The first kappa shape index (κ1) is 15.9. The van der Waals surface area contributed by atoms with Crippen LogP contribution in [0.2, 0.25) is 0 Å². The van der Waals surface area contributed by atoms with Crippen molar-refractivity contribution >= 4 is 15.9 Å². The number of benzene rings is 1.